The summed E-state index contributed by atoms with van der Waals surface area (Å²) >= 11 is 0. The summed E-state index contributed by atoms with van der Waals surface area (Å²) in [6, 6.07) is 1.51. The quantitative estimate of drug-likeness (QED) is 0.790. The van der Waals surface area contributed by atoms with Crippen LogP contribution in [0.5, 0.6) is 0 Å². The Bertz CT molecular complexity index is 781. The van der Waals surface area contributed by atoms with Crippen LogP contribution < -0.4 is 4.90 Å². The molecule has 0 aliphatic carbocycles. The maximum atomic E-state index is 13.0. The number of carbonyl (C=O) groups is 1. The van der Waals surface area contributed by atoms with Crippen LogP contribution in [0.15, 0.2) is 6.07 Å². The molecule has 0 spiro atoms. The van der Waals surface area contributed by atoms with Crippen LogP contribution in [-0.2, 0) is 9.84 Å². The SMILES string of the molecule is CCN(C(=O)c1cc(N2CCCC(C)C2)nc(C)n1)C1CCS(=O)(=O)C1. The van der Waals surface area contributed by atoms with Gasteiger partial charge in [0.05, 0.1) is 11.5 Å². The first-order valence-electron chi connectivity index (χ1n) is 9.41. The Kier molecular flexibility index (Phi) is 5.50. The largest absolute Gasteiger partial charge is 0.356 e. The Balaban J connectivity index is 1.84. The molecule has 0 radical (unpaired) electrons. The van der Waals surface area contributed by atoms with Gasteiger partial charge in [0.25, 0.3) is 5.91 Å². The number of amides is 1. The molecule has 0 aromatic carbocycles. The van der Waals surface area contributed by atoms with Crippen molar-refractivity contribution >= 4 is 21.6 Å². The van der Waals surface area contributed by atoms with Gasteiger partial charge in [-0.15, -0.1) is 0 Å². The second kappa shape index (κ2) is 7.50. The third kappa shape index (κ3) is 4.16. The number of sulfone groups is 1. The van der Waals surface area contributed by atoms with Gasteiger partial charge < -0.3 is 9.80 Å². The molecule has 2 aliphatic rings. The van der Waals surface area contributed by atoms with E-state index in [0.717, 1.165) is 25.3 Å². The fourth-order valence-corrected chi connectivity index (χ4v) is 5.69. The van der Waals surface area contributed by atoms with Crippen LogP contribution in [0.2, 0.25) is 0 Å². The molecule has 8 heteroatoms. The topological polar surface area (TPSA) is 83.5 Å². The number of aromatic nitrogens is 2. The summed E-state index contributed by atoms with van der Waals surface area (Å²) < 4.78 is 23.6. The van der Waals surface area contributed by atoms with E-state index in [1.54, 1.807) is 17.9 Å². The van der Waals surface area contributed by atoms with Crippen molar-refractivity contribution in [2.24, 2.45) is 5.92 Å². The van der Waals surface area contributed by atoms with Gasteiger partial charge in [0.2, 0.25) is 0 Å². The Morgan fingerprint density at radius 3 is 2.73 bits per heavy atom. The second-order valence-electron chi connectivity index (χ2n) is 7.50. The third-order valence-electron chi connectivity index (χ3n) is 5.28. The molecule has 7 nitrogen and oxygen atoms in total. The summed E-state index contributed by atoms with van der Waals surface area (Å²) in [4.78, 5) is 25.8. The fraction of sp³-hybridized carbons (Fsp3) is 0.722. The summed E-state index contributed by atoms with van der Waals surface area (Å²) in [6.45, 7) is 8.24. The predicted octanol–water partition coefficient (Wildman–Crippen LogP) is 1.67. The highest BCUT2D eigenvalue weighted by atomic mass is 32.2. The Morgan fingerprint density at radius 1 is 1.35 bits per heavy atom. The van der Waals surface area contributed by atoms with Gasteiger partial charge in [0, 0.05) is 31.7 Å². The minimum absolute atomic E-state index is 0.0488. The number of anilines is 1. The molecule has 2 aliphatic heterocycles. The highest BCUT2D eigenvalue weighted by Crippen LogP contribution is 2.24. The van der Waals surface area contributed by atoms with Gasteiger partial charge in [-0.25, -0.2) is 18.4 Å². The van der Waals surface area contributed by atoms with Crippen molar-refractivity contribution in [3.8, 4) is 0 Å². The molecule has 3 rings (SSSR count). The Hall–Kier alpha value is -1.70. The lowest BCUT2D eigenvalue weighted by molar-refractivity contribution is 0.0702. The molecule has 1 aromatic heterocycles. The van der Waals surface area contributed by atoms with Crippen LogP contribution in [-0.4, -0.2) is 66.4 Å². The van der Waals surface area contributed by atoms with Gasteiger partial charge in [-0.1, -0.05) is 6.92 Å². The van der Waals surface area contributed by atoms with Crippen molar-refractivity contribution < 1.29 is 13.2 Å². The summed E-state index contributed by atoms with van der Waals surface area (Å²) in [5.41, 5.74) is 0.358. The van der Waals surface area contributed by atoms with Crippen LogP contribution in [0.3, 0.4) is 0 Å². The zero-order chi connectivity index (χ0) is 18.9. The summed E-state index contributed by atoms with van der Waals surface area (Å²) in [7, 11) is -3.04. The molecule has 2 saturated heterocycles. The van der Waals surface area contributed by atoms with E-state index in [0.29, 0.717) is 30.4 Å². The maximum Gasteiger partial charge on any atom is 0.272 e. The van der Waals surface area contributed by atoms with E-state index >= 15 is 0 Å². The van der Waals surface area contributed by atoms with Crippen molar-refractivity contribution in [1.82, 2.24) is 14.9 Å². The van der Waals surface area contributed by atoms with Crippen LogP contribution in [0, 0.1) is 12.8 Å². The molecule has 2 unspecified atom stereocenters. The molecule has 0 saturated carbocycles. The van der Waals surface area contributed by atoms with Gasteiger partial charge in [-0.05, 0) is 39.0 Å². The number of carbonyl (C=O) groups excluding carboxylic acids is 1. The average Bonchev–Trinajstić information content (AvgIpc) is 2.94. The number of rotatable bonds is 4. The first kappa shape index (κ1) is 19.1. The van der Waals surface area contributed by atoms with Crippen LogP contribution >= 0.6 is 0 Å². The zero-order valence-corrected chi connectivity index (χ0v) is 16.6. The fourth-order valence-electron chi connectivity index (χ4n) is 3.96. The van der Waals surface area contributed by atoms with E-state index in [4.69, 9.17) is 0 Å². The highest BCUT2D eigenvalue weighted by Gasteiger charge is 2.35. The van der Waals surface area contributed by atoms with Gasteiger partial charge in [-0.2, -0.15) is 0 Å². The number of hydrogen-bond acceptors (Lipinski definition) is 6. The average molecular weight is 381 g/mol. The van der Waals surface area contributed by atoms with Crippen molar-refractivity contribution in [2.45, 2.75) is 46.1 Å². The summed E-state index contributed by atoms with van der Waals surface area (Å²) in [6.07, 6.45) is 2.84. The number of hydrogen-bond donors (Lipinski definition) is 0. The minimum atomic E-state index is -3.04. The molecular formula is C18H28N4O3S. The first-order valence-corrected chi connectivity index (χ1v) is 11.2. The molecular weight excluding hydrogens is 352 g/mol. The normalized spacial score (nSPS) is 25.3. The molecule has 1 amide bonds. The lowest BCUT2D eigenvalue weighted by Gasteiger charge is -2.32. The van der Waals surface area contributed by atoms with Gasteiger partial charge in [0.1, 0.15) is 17.3 Å². The van der Waals surface area contributed by atoms with Crippen LogP contribution in [0.4, 0.5) is 5.82 Å². The van der Waals surface area contributed by atoms with E-state index < -0.39 is 9.84 Å². The zero-order valence-electron chi connectivity index (χ0n) is 15.8. The number of nitrogens with zero attached hydrogens (tertiary/aromatic N) is 4. The van der Waals surface area contributed by atoms with Gasteiger partial charge >= 0.3 is 0 Å². The Morgan fingerprint density at radius 2 is 2.12 bits per heavy atom. The smallest absolute Gasteiger partial charge is 0.272 e. The van der Waals surface area contributed by atoms with E-state index in [-0.39, 0.29) is 23.5 Å². The minimum Gasteiger partial charge on any atom is -0.356 e. The van der Waals surface area contributed by atoms with Crippen molar-refractivity contribution in [1.29, 1.82) is 0 Å². The lowest BCUT2D eigenvalue weighted by atomic mass is 10.0. The van der Waals surface area contributed by atoms with Gasteiger partial charge in [0.15, 0.2) is 9.84 Å². The highest BCUT2D eigenvalue weighted by molar-refractivity contribution is 7.91. The molecule has 1 aromatic rings. The molecule has 0 bridgehead atoms. The number of aryl methyl sites for hydroxylation is 1. The monoisotopic (exact) mass is 380 g/mol. The molecule has 0 N–H and O–H groups in total. The first-order chi connectivity index (χ1) is 12.3. The second-order valence-corrected chi connectivity index (χ2v) is 9.73. The van der Waals surface area contributed by atoms with Gasteiger partial charge in [-0.3, -0.25) is 4.79 Å². The predicted molar refractivity (Wildman–Crippen MR) is 101 cm³/mol. The van der Waals surface area contributed by atoms with E-state index in [1.165, 1.54) is 6.42 Å². The van der Waals surface area contributed by atoms with E-state index in [2.05, 4.69) is 21.8 Å². The summed E-state index contributed by atoms with van der Waals surface area (Å²) in [5.74, 6) is 1.97. The standard InChI is InChI=1S/C18H28N4O3S/c1-4-22(15-7-9-26(24,25)12-15)18(23)16-10-17(20-14(3)19-16)21-8-5-6-13(2)11-21/h10,13,15H,4-9,11-12H2,1-3H3. The van der Waals surface area contributed by atoms with Crippen LogP contribution in [0.1, 0.15) is 49.4 Å². The lowest BCUT2D eigenvalue weighted by Crippen LogP contribution is -2.41. The van der Waals surface area contributed by atoms with Crippen molar-refractivity contribution in [3.05, 3.63) is 17.6 Å². The van der Waals surface area contributed by atoms with Crippen LogP contribution in [0.25, 0.3) is 0 Å². The van der Waals surface area contributed by atoms with Crippen molar-refractivity contribution in [2.75, 3.05) is 36.0 Å². The van der Waals surface area contributed by atoms with E-state index in [9.17, 15) is 13.2 Å². The van der Waals surface area contributed by atoms with Crippen molar-refractivity contribution in [3.63, 3.8) is 0 Å². The molecule has 2 atom stereocenters. The molecule has 2 fully saturated rings. The Labute approximate surface area is 155 Å². The molecule has 26 heavy (non-hydrogen) atoms. The maximum absolute atomic E-state index is 13.0. The third-order valence-corrected chi connectivity index (χ3v) is 7.03. The number of piperidine rings is 1. The summed E-state index contributed by atoms with van der Waals surface area (Å²) in [5, 5.41) is 0. The van der Waals surface area contributed by atoms with E-state index in [1.807, 2.05) is 6.92 Å². The molecule has 3 heterocycles. The molecule has 144 valence electrons.